The number of benzene rings is 2. The maximum Gasteiger partial charge on any atom is 0.227 e. The van der Waals surface area contributed by atoms with Gasteiger partial charge >= 0.3 is 0 Å². The summed E-state index contributed by atoms with van der Waals surface area (Å²) in [6.45, 7) is 10.3. The molecule has 0 bridgehead atoms. The maximum absolute atomic E-state index is 13.3. The second-order valence-corrected chi connectivity index (χ2v) is 9.52. The molecular formula is C27H35N3O2. The molecule has 0 unspecified atom stereocenters. The van der Waals surface area contributed by atoms with Crippen LogP contribution in [0.2, 0.25) is 0 Å². The average Bonchev–Trinajstić information content (AvgIpc) is 2.78. The molecule has 1 atom stereocenters. The predicted molar refractivity (Wildman–Crippen MR) is 129 cm³/mol. The second-order valence-electron chi connectivity index (χ2n) is 9.52. The molecule has 2 aromatic rings. The van der Waals surface area contributed by atoms with Crippen molar-refractivity contribution in [2.45, 2.75) is 53.0 Å². The summed E-state index contributed by atoms with van der Waals surface area (Å²) in [5, 5.41) is 2.99. The highest BCUT2D eigenvalue weighted by molar-refractivity contribution is 5.90. The Balaban J connectivity index is 1.29. The third kappa shape index (κ3) is 5.39. The third-order valence-electron chi connectivity index (χ3n) is 6.95. The SMILES string of the molecule is Cc1cccc(NC(=O)CCN2CCC[C@@H](C(=O)N3CCc4cc(C)c(C)cc4C3)C2)c1. The topological polar surface area (TPSA) is 52.7 Å². The predicted octanol–water partition coefficient (Wildman–Crippen LogP) is 4.24. The summed E-state index contributed by atoms with van der Waals surface area (Å²) in [4.78, 5) is 30.0. The fourth-order valence-corrected chi connectivity index (χ4v) is 4.97. The summed E-state index contributed by atoms with van der Waals surface area (Å²) in [6, 6.07) is 12.4. The van der Waals surface area contributed by atoms with Gasteiger partial charge in [0.25, 0.3) is 0 Å². The number of fused-ring (bicyclic) bond motifs is 1. The lowest BCUT2D eigenvalue weighted by Gasteiger charge is -2.37. The molecule has 5 heteroatoms. The lowest BCUT2D eigenvalue weighted by Crippen LogP contribution is -2.46. The smallest absolute Gasteiger partial charge is 0.227 e. The Hall–Kier alpha value is -2.66. The number of hydrogen-bond acceptors (Lipinski definition) is 3. The van der Waals surface area contributed by atoms with Crippen LogP contribution < -0.4 is 5.32 Å². The molecule has 1 saturated heterocycles. The molecule has 2 heterocycles. The van der Waals surface area contributed by atoms with Crippen molar-refractivity contribution in [1.29, 1.82) is 0 Å². The molecule has 0 spiro atoms. The minimum absolute atomic E-state index is 0.0300. The Kier molecular flexibility index (Phi) is 6.95. The van der Waals surface area contributed by atoms with E-state index < -0.39 is 0 Å². The molecule has 1 fully saturated rings. The molecule has 0 saturated carbocycles. The summed E-state index contributed by atoms with van der Waals surface area (Å²) in [5.41, 5.74) is 7.29. The normalized spacial score (nSPS) is 18.8. The van der Waals surface area contributed by atoms with E-state index in [1.54, 1.807) is 0 Å². The number of piperidine rings is 1. The number of carbonyl (C=O) groups is 2. The van der Waals surface area contributed by atoms with E-state index in [0.717, 1.165) is 56.7 Å². The molecule has 5 nitrogen and oxygen atoms in total. The zero-order valence-corrected chi connectivity index (χ0v) is 19.6. The molecule has 1 N–H and O–H groups in total. The number of hydrogen-bond donors (Lipinski definition) is 1. The molecule has 0 aliphatic carbocycles. The van der Waals surface area contributed by atoms with Crippen LogP contribution in [-0.4, -0.2) is 47.8 Å². The van der Waals surface area contributed by atoms with Gasteiger partial charge < -0.3 is 15.1 Å². The zero-order valence-electron chi connectivity index (χ0n) is 19.6. The van der Waals surface area contributed by atoms with Gasteiger partial charge in [0, 0.05) is 38.3 Å². The highest BCUT2D eigenvalue weighted by Crippen LogP contribution is 2.26. The van der Waals surface area contributed by atoms with E-state index in [9.17, 15) is 9.59 Å². The monoisotopic (exact) mass is 433 g/mol. The number of anilines is 1. The summed E-state index contributed by atoms with van der Waals surface area (Å²) in [7, 11) is 0. The lowest BCUT2D eigenvalue weighted by molar-refractivity contribution is -0.138. The van der Waals surface area contributed by atoms with E-state index in [1.807, 2.05) is 31.2 Å². The van der Waals surface area contributed by atoms with Gasteiger partial charge in [-0.3, -0.25) is 9.59 Å². The fourth-order valence-electron chi connectivity index (χ4n) is 4.97. The van der Waals surface area contributed by atoms with E-state index in [0.29, 0.717) is 13.0 Å². The van der Waals surface area contributed by atoms with E-state index >= 15 is 0 Å². The molecule has 2 aliphatic rings. The summed E-state index contributed by atoms with van der Waals surface area (Å²) in [6.07, 6.45) is 3.35. The summed E-state index contributed by atoms with van der Waals surface area (Å²) < 4.78 is 0. The van der Waals surface area contributed by atoms with E-state index in [4.69, 9.17) is 0 Å². The van der Waals surface area contributed by atoms with Crippen molar-refractivity contribution in [3.63, 3.8) is 0 Å². The molecule has 2 aromatic carbocycles. The van der Waals surface area contributed by atoms with Crippen LogP contribution in [0.1, 0.15) is 47.1 Å². The molecule has 4 rings (SSSR count). The fraction of sp³-hybridized carbons (Fsp3) is 0.481. The molecule has 2 aliphatic heterocycles. The van der Waals surface area contributed by atoms with Crippen molar-refractivity contribution in [2.24, 2.45) is 5.92 Å². The highest BCUT2D eigenvalue weighted by atomic mass is 16.2. The van der Waals surface area contributed by atoms with Crippen molar-refractivity contribution >= 4 is 17.5 Å². The Bertz CT molecular complexity index is 1000. The maximum atomic E-state index is 13.3. The summed E-state index contributed by atoms with van der Waals surface area (Å²) >= 11 is 0. The third-order valence-corrected chi connectivity index (χ3v) is 6.95. The minimum atomic E-state index is 0.0300. The van der Waals surface area contributed by atoms with Gasteiger partial charge in [-0.1, -0.05) is 24.3 Å². The zero-order chi connectivity index (χ0) is 22.7. The first kappa shape index (κ1) is 22.5. The van der Waals surface area contributed by atoms with Crippen LogP contribution >= 0.6 is 0 Å². The first-order valence-electron chi connectivity index (χ1n) is 11.9. The van der Waals surface area contributed by atoms with E-state index in [-0.39, 0.29) is 17.7 Å². The average molecular weight is 434 g/mol. The summed E-state index contributed by atoms with van der Waals surface area (Å²) in [5.74, 6) is 0.349. The van der Waals surface area contributed by atoms with Crippen LogP contribution in [0, 0.1) is 26.7 Å². The van der Waals surface area contributed by atoms with Crippen molar-refractivity contribution in [2.75, 3.05) is 31.5 Å². The van der Waals surface area contributed by atoms with E-state index in [1.165, 1.54) is 22.3 Å². The van der Waals surface area contributed by atoms with Gasteiger partial charge in [-0.25, -0.2) is 0 Å². The Morgan fingerprint density at radius 2 is 1.81 bits per heavy atom. The van der Waals surface area contributed by atoms with Crippen molar-refractivity contribution < 1.29 is 9.59 Å². The number of carbonyl (C=O) groups excluding carboxylic acids is 2. The van der Waals surface area contributed by atoms with Gasteiger partial charge in [0.15, 0.2) is 0 Å². The van der Waals surface area contributed by atoms with Crippen LogP contribution in [0.5, 0.6) is 0 Å². The molecule has 32 heavy (non-hydrogen) atoms. The number of rotatable bonds is 5. The second kappa shape index (κ2) is 9.86. The molecule has 0 radical (unpaired) electrons. The van der Waals surface area contributed by atoms with E-state index in [2.05, 4.69) is 41.1 Å². The first-order chi connectivity index (χ1) is 15.4. The van der Waals surface area contributed by atoms with Crippen molar-refractivity contribution in [3.8, 4) is 0 Å². The van der Waals surface area contributed by atoms with Gasteiger partial charge in [0.05, 0.1) is 5.92 Å². The number of amides is 2. The van der Waals surface area contributed by atoms with Gasteiger partial charge in [0.1, 0.15) is 0 Å². The van der Waals surface area contributed by atoms with Crippen LogP contribution in [0.15, 0.2) is 36.4 Å². The largest absolute Gasteiger partial charge is 0.338 e. The minimum Gasteiger partial charge on any atom is -0.338 e. The van der Waals surface area contributed by atoms with Crippen molar-refractivity contribution in [1.82, 2.24) is 9.80 Å². The van der Waals surface area contributed by atoms with Gasteiger partial charge in [0.2, 0.25) is 11.8 Å². The number of aryl methyl sites for hydroxylation is 3. The molecular weight excluding hydrogens is 398 g/mol. The lowest BCUT2D eigenvalue weighted by atomic mass is 9.92. The van der Waals surface area contributed by atoms with Gasteiger partial charge in [-0.2, -0.15) is 0 Å². The standard InChI is InChI=1S/C27H35N3O2/c1-19-6-4-8-25(14-19)28-26(31)10-12-29-11-5-7-23(17-29)27(32)30-13-9-22-15-20(2)21(3)16-24(22)18-30/h4,6,8,14-16,23H,5,7,9-13,17-18H2,1-3H3,(H,28,31)/t23-/m1/s1. The highest BCUT2D eigenvalue weighted by Gasteiger charge is 2.31. The Morgan fingerprint density at radius 3 is 2.59 bits per heavy atom. The number of nitrogens with one attached hydrogen (secondary N) is 1. The quantitative estimate of drug-likeness (QED) is 0.767. The molecule has 170 valence electrons. The first-order valence-corrected chi connectivity index (χ1v) is 11.9. The number of likely N-dealkylation sites (tertiary alicyclic amines) is 1. The Labute approximate surface area is 191 Å². The Morgan fingerprint density at radius 1 is 1.03 bits per heavy atom. The van der Waals surface area contributed by atoms with Gasteiger partial charge in [-0.05, 0) is 86.5 Å². The number of nitrogens with zero attached hydrogens (tertiary/aromatic N) is 2. The van der Waals surface area contributed by atoms with Crippen molar-refractivity contribution in [3.05, 3.63) is 64.2 Å². The molecule has 2 amide bonds. The van der Waals surface area contributed by atoms with Crippen LogP contribution in [0.25, 0.3) is 0 Å². The van der Waals surface area contributed by atoms with Crippen LogP contribution in [0.4, 0.5) is 5.69 Å². The van der Waals surface area contributed by atoms with Crippen LogP contribution in [-0.2, 0) is 22.6 Å². The molecule has 0 aromatic heterocycles. The van der Waals surface area contributed by atoms with Crippen LogP contribution in [0.3, 0.4) is 0 Å². The van der Waals surface area contributed by atoms with Gasteiger partial charge in [-0.15, -0.1) is 0 Å².